The molecule has 2 rings (SSSR count). The molecule has 0 aliphatic heterocycles. The van der Waals surface area contributed by atoms with Crippen molar-refractivity contribution >= 4 is 23.9 Å². The normalized spacial score (nSPS) is 24.6. The van der Waals surface area contributed by atoms with Crippen LogP contribution in [0.1, 0.15) is 24.8 Å². The Bertz CT molecular complexity index is 657. The lowest BCUT2D eigenvalue weighted by Gasteiger charge is -2.27. The van der Waals surface area contributed by atoms with Gasteiger partial charge in [-0.15, -0.1) is 0 Å². The summed E-state index contributed by atoms with van der Waals surface area (Å²) in [4.78, 5) is 23.6. The molecule has 2 atom stereocenters. The number of rotatable bonds is 3. The molecule has 0 saturated carbocycles. The molecule has 5 heteroatoms. The zero-order valence-corrected chi connectivity index (χ0v) is 12.5. The van der Waals surface area contributed by atoms with Crippen LogP contribution in [0.3, 0.4) is 0 Å². The van der Waals surface area contributed by atoms with E-state index in [1.54, 1.807) is 31.2 Å². The molecule has 0 heterocycles. The lowest BCUT2D eigenvalue weighted by atomic mass is 9.72. The molecule has 0 amide bonds. The zero-order valence-electron chi connectivity index (χ0n) is 11.7. The average molecular weight is 304 g/mol. The molecule has 0 radical (unpaired) electrons. The molecule has 0 bridgehead atoms. The third-order valence-corrected chi connectivity index (χ3v) is 4.17. The number of carbonyl (C=O) groups is 2. The van der Waals surface area contributed by atoms with Gasteiger partial charge in [-0.2, -0.15) is 5.26 Å². The molecule has 0 saturated heterocycles. The lowest BCUT2D eigenvalue weighted by Crippen LogP contribution is -2.35. The van der Waals surface area contributed by atoms with E-state index >= 15 is 0 Å². The maximum Gasteiger partial charge on any atom is 0.327 e. The van der Waals surface area contributed by atoms with Crippen LogP contribution in [0.25, 0.3) is 0 Å². The van der Waals surface area contributed by atoms with Crippen molar-refractivity contribution in [3.05, 3.63) is 46.0 Å². The molecular formula is C16H14ClNO3. The van der Waals surface area contributed by atoms with Crippen LogP contribution in [0.2, 0.25) is 5.02 Å². The summed E-state index contributed by atoms with van der Waals surface area (Å²) in [6, 6.07) is 8.88. The van der Waals surface area contributed by atoms with E-state index < -0.39 is 17.3 Å². The quantitative estimate of drug-likeness (QED) is 0.636. The molecule has 1 aliphatic carbocycles. The predicted octanol–water partition coefficient (Wildman–Crippen LogP) is 3.03. The average Bonchev–Trinajstić information content (AvgIpc) is 2.80. The smallest absolute Gasteiger partial charge is 0.327 e. The minimum atomic E-state index is -1.40. The summed E-state index contributed by atoms with van der Waals surface area (Å²) in [6.07, 6.45) is 0.911. The predicted molar refractivity (Wildman–Crippen MR) is 77.6 cm³/mol. The number of methoxy groups -OCH3 is 1. The third kappa shape index (κ3) is 2.34. The fraction of sp³-hybridized carbons (Fsp3) is 0.312. The lowest BCUT2D eigenvalue weighted by molar-refractivity contribution is -0.149. The fourth-order valence-electron chi connectivity index (χ4n) is 2.94. The van der Waals surface area contributed by atoms with Crippen LogP contribution >= 0.6 is 11.6 Å². The molecule has 4 nitrogen and oxygen atoms in total. The van der Waals surface area contributed by atoms with Crippen LogP contribution in [0, 0.1) is 16.7 Å². The van der Waals surface area contributed by atoms with E-state index in [1.807, 2.05) is 0 Å². The summed E-state index contributed by atoms with van der Waals surface area (Å²) in [5.74, 6) is -1.26. The van der Waals surface area contributed by atoms with Crippen molar-refractivity contribution in [3.8, 4) is 6.07 Å². The molecule has 0 aromatic heterocycles. The minimum absolute atomic E-state index is 0.192. The highest BCUT2D eigenvalue weighted by Crippen LogP contribution is 2.52. The van der Waals surface area contributed by atoms with Gasteiger partial charge in [-0.3, -0.25) is 9.59 Å². The monoisotopic (exact) mass is 303 g/mol. The van der Waals surface area contributed by atoms with E-state index in [-0.39, 0.29) is 6.42 Å². The minimum Gasteiger partial charge on any atom is -0.468 e. The van der Waals surface area contributed by atoms with E-state index in [4.69, 9.17) is 16.3 Å². The standard InChI is InChI=1S/C16H14ClNO3/c1-10-7-16(9-18,15(20)21-2)14(13(10)8-19)11-3-5-12(17)6-4-11/h3-6,8,14H,7H2,1-2H3/t14-,16+/m1/s1. The third-order valence-electron chi connectivity index (χ3n) is 3.92. The number of esters is 1. The van der Waals surface area contributed by atoms with Gasteiger partial charge >= 0.3 is 5.97 Å². The summed E-state index contributed by atoms with van der Waals surface area (Å²) in [6.45, 7) is 1.76. The number of carbonyl (C=O) groups excluding carboxylic acids is 2. The Morgan fingerprint density at radius 1 is 1.48 bits per heavy atom. The number of benzene rings is 1. The highest BCUT2D eigenvalue weighted by Gasteiger charge is 2.54. The Balaban J connectivity index is 2.64. The number of aldehydes is 1. The molecule has 0 N–H and O–H groups in total. The van der Waals surface area contributed by atoms with Crippen LogP contribution in [0.15, 0.2) is 35.4 Å². The molecular weight excluding hydrogens is 290 g/mol. The van der Waals surface area contributed by atoms with E-state index in [2.05, 4.69) is 6.07 Å². The van der Waals surface area contributed by atoms with Crippen LogP contribution in [-0.2, 0) is 14.3 Å². The van der Waals surface area contributed by atoms with Crippen molar-refractivity contribution in [2.75, 3.05) is 7.11 Å². The van der Waals surface area contributed by atoms with E-state index in [0.717, 1.165) is 11.9 Å². The van der Waals surface area contributed by atoms with Crippen LogP contribution in [-0.4, -0.2) is 19.4 Å². The first-order valence-corrected chi connectivity index (χ1v) is 6.78. The second-order valence-electron chi connectivity index (χ2n) is 5.09. The number of halogens is 1. The number of nitrogens with zero attached hydrogens (tertiary/aromatic N) is 1. The van der Waals surface area contributed by atoms with Gasteiger partial charge in [-0.05, 0) is 31.0 Å². The number of nitriles is 1. The summed E-state index contributed by atoms with van der Waals surface area (Å²) in [7, 11) is 1.24. The van der Waals surface area contributed by atoms with Crippen molar-refractivity contribution in [2.24, 2.45) is 5.41 Å². The molecule has 1 aromatic carbocycles. The van der Waals surface area contributed by atoms with Gasteiger partial charge in [0, 0.05) is 16.5 Å². The van der Waals surface area contributed by atoms with E-state index in [9.17, 15) is 14.9 Å². The Morgan fingerprint density at radius 2 is 2.10 bits per heavy atom. The highest BCUT2D eigenvalue weighted by atomic mass is 35.5. The number of hydrogen-bond acceptors (Lipinski definition) is 4. The molecule has 1 aromatic rings. The summed E-state index contributed by atoms with van der Waals surface area (Å²) >= 11 is 5.87. The molecule has 21 heavy (non-hydrogen) atoms. The van der Waals surface area contributed by atoms with Gasteiger partial charge in [0.1, 0.15) is 6.29 Å². The van der Waals surface area contributed by atoms with Gasteiger partial charge < -0.3 is 4.74 Å². The number of allylic oxidation sites excluding steroid dienone is 2. The maximum atomic E-state index is 12.2. The van der Waals surface area contributed by atoms with Crippen molar-refractivity contribution in [1.82, 2.24) is 0 Å². The van der Waals surface area contributed by atoms with Crippen molar-refractivity contribution in [2.45, 2.75) is 19.3 Å². The first-order valence-electron chi connectivity index (χ1n) is 6.40. The van der Waals surface area contributed by atoms with Gasteiger partial charge in [-0.25, -0.2) is 0 Å². The first kappa shape index (κ1) is 15.3. The van der Waals surface area contributed by atoms with Gasteiger partial charge in [0.05, 0.1) is 13.2 Å². The number of ether oxygens (including phenoxy) is 1. The fourth-order valence-corrected chi connectivity index (χ4v) is 3.07. The zero-order chi connectivity index (χ0) is 15.6. The van der Waals surface area contributed by atoms with Crippen molar-refractivity contribution < 1.29 is 14.3 Å². The summed E-state index contributed by atoms with van der Waals surface area (Å²) in [5, 5.41) is 10.2. The largest absolute Gasteiger partial charge is 0.468 e. The topological polar surface area (TPSA) is 67.2 Å². The van der Waals surface area contributed by atoms with Crippen molar-refractivity contribution in [3.63, 3.8) is 0 Å². The Kier molecular flexibility index (Phi) is 4.15. The maximum absolute atomic E-state index is 12.2. The van der Waals surface area contributed by atoms with Crippen LogP contribution in [0.4, 0.5) is 0 Å². The van der Waals surface area contributed by atoms with Crippen LogP contribution in [0.5, 0.6) is 0 Å². The summed E-state index contributed by atoms with van der Waals surface area (Å²) in [5.41, 5.74) is 0.495. The van der Waals surface area contributed by atoms with E-state index in [1.165, 1.54) is 7.11 Å². The molecule has 0 spiro atoms. The summed E-state index contributed by atoms with van der Waals surface area (Å²) < 4.78 is 4.81. The Hall–Kier alpha value is -2.12. The van der Waals surface area contributed by atoms with Gasteiger partial charge in [0.25, 0.3) is 0 Å². The first-order chi connectivity index (χ1) is 10.00. The highest BCUT2D eigenvalue weighted by molar-refractivity contribution is 6.30. The molecule has 1 aliphatic rings. The number of hydrogen-bond donors (Lipinski definition) is 0. The van der Waals surface area contributed by atoms with E-state index in [0.29, 0.717) is 16.2 Å². The molecule has 0 unspecified atom stereocenters. The molecule has 108 valence electrons. The molecule has 0 fully saturated rings. The van der Waals surface area contributed by atoms with Crippen molar-refractivity contribution in [1.29, 1.82) is 5.26 Å². The van der Waals surface area contributed by atoms with Gasteiger partial charge in [-0.1, -0.05) is 29.3 Å². The van der Waals surface area contributed by atoms with Crippen LogP contribution < -0.4 is 0 Å². The second-order valence-corrected chi connectivity index (χ2v) is 5.53. The van der Waals surface area contributed by atoms with Gasteiger partial charge in [0.2, 0.25) is 0 Å². The SMILES string of the molecule is COC(=O)[C@]1(C#N)CC(C)=C(C=O)[C@H]1c1ccc(Cl)cc1. The second kappa shape index (κ2) is 5.71. The Morgan fingerprint density at radius 3 is 2.57 bits per heavy atom. The van der Waals surface area contributed by atoms with Gasteiger partial charge in [0.15, 0.2) is 5.41 Å². The Labute approximate surface area is 128 Å².